The summed E-state index contributed by atoms with van der Waals surface area (Å²) in [4.78, 5) is 12.3. The van der Waals surface area contributed by atoms with E-state index in [-0.39, 0.29) is 16.5 Å². The van der Waals surface area contributed by atoms with Crippen LogP contribution in [0.25, 0.3) is 0 Å². The van der Waals surface area contributed by atoms with Crippen LogP contribution < -0.4 is 5.73 Å². The zero-order valence-corrected chi connectivity index (χ0v) is 18.0. The van der Waals surface area contributed by atoms with Crippen molar-refractivity contribution in [1.29, 1.82) is 0 Å². The molecule has 1 unspecified atom stereocenters. The summed E-state index contributed by atoms with van der Waals surface area (Å²) >= 11 is 1.24. The number of nitrogens with zero attached hydrogens (tertiary/aromatic N) is 2. The van der Waals surface area contributed by atoms with Crippen molar-refractivity contribution < 1.29 is 18.3 Å². The van der Waals surface area contributed by atoms with Gasteiger partial charge in [0.25, 0.3) is 5.91 Å². The fourth-order valence-corrected chi connectivity index (χ4v) is 4.80. The van der Waals surface area contributed by atoms with Gasteiger partial charge in [-0.3, -0.25) is 4.79 Å². The minimum Gasteiger partial charge on any atom is -0.372 e. The normalized spacial score (nSPS) is 19.7. The lowest BCUT2D eigenvalue weighted by atomic mass is 9.98. The quantitative estimate of drug-likeness (QED) is 0.713. The zero-order chi connectivity index (χ0) is 21.9. The number of halogens is 2. The van der Waals surface area contributed by atoms with Crippen LogP contribution >= 0.6 is 11.8 Å². The van der Waals surface area contributed by atoms with E-state index in [1.165, 1.54) is 23.9 Å². The minimum atomic E-state index is -0.941. The predicted molar refractivity (Wildman–Crippen MR) is 115 cm³/mol. The van der Waals surface area contributed by atoms with Crippen LogP contribution in [-0.2, 0) is 14.4 Å². The molecule has 0 fully saturated rings. The Kier molecular flexibility index (Phi) is 6.90. The first kappa shape index (κ1) is 22.4. The molecule has 2 N–H and O–H groups in total. The number of nitrogens with two attached hydrogens (primary N) is 1. The molecule has 0 aromatic heterocycles. The van der Waals surface area contributed by atoms with Crippen molar-refractivity contribution in [3.8, 4) is 0 Å². The lowest BCUT2D eigenvalue weighted by Crippen LogP contribution is -2.46. The number of hydrogen-bond donors (Lipinski definition) is 1. The number of aryl methyl sites for hydroxylation is 1. The SMILES string of the molecule is CO[C@@H](C)C(=O)N1N=C(c2cc(F)ccc2F)SC1(CCCN)c1cccc(C)c1. The molecule has 0 saturated heterocycles. The number of carbonyl (C=O) groups is 1. The van der Waals surface area contributed by atoms with Crippen molar-refractivity contribution in [2.45, 2.75) is 37.7 Å². The maximum atomic E-state index is 14.5. The summed E-state index contributed by atoms with van der Waals surface area (Å²) in [6.07, 6.45) is 0.345. The lowest BCUT2D eigenvalue weighted by molar-refractivity contribution is -0.144. The molecule has 0 saturated carbocycles. The Morgan fingerprint density at radius 2 is 2.07 bits per heavy atom. The van der Waals surface area contributed by atoms with Gasteiger partial charge in [-0.05, 0) is 57.0 Å². The van der Waals surface area contributed by atoms with Crippen LogP contribution in [-0.4, -0.2) is 35.7 Å². The number of benzene rings is 2. The molecule has 1 heterocycles. The molecule has 1 amide bonds. The van der Waals surface area contributed by atoms with Gasteiger partial charge in [-0.2, -0.15) is 5.10 Å². The number of carbonyl (C=O) groups excluding carboxylic acids is 1. The van der Waals surface area contributed by atoms with Crippen LogP contribution in [0, 0.1) is 18.6 Å². The predicted octanol–water partition coefficient (Wildman–Crippen LogP) is 4.14. The summed E-state index contributed by atoms with van der Waals surface area (Å²) in [7, 11) is 1.44. The molecular weight excluding hydrogens is 408 g/mol. The molecule has 30 heavy (non-hydrogen) atoms. The van der Waals surface area contributed by atoms with Gasteiger partial charge in [-0.1, -0.05) is 41.6 Å². The minimum absolute atomic E-state index is 0.0187. The van der Waals surface area contributed by atoms with Gasteiger partial charge in [0.1, 0.15) is 27.7 Å². The number of methoxy groups -OCH3 is 1. The van der Waals surface area contributed by atoms with Crippen molar-refractivity contribution in [2.24, 2.45) is 10.8 Å². The van der Waals surface area contributed by atoms with E-state index in [9.17, 15) is 13.6 Å². The van der Waals surface area contributed by atoms with E-state index < -0.39 is 22.6 Å². The molecule has 0 bridgehead atoms. The Balaban J connectivity index is 2.18. The van der Waals surface area contributed by atoms with E-state index >= 15 is 0 Å². The average Bonchev–Trinajstić information content (AvgIpc) is 3.13. The third kappa shape index (κ3) is 4.26. The van der Waals surface area contributed by atoms with E-state index in [0.717, 1.165) is 29.3 Å². The van der Waals surface area contributed by atoms with Crippen LogP contribution in [0.2, 0.25) is 0 Å². The second kappa shape index (κ2) is 9.24. The van der Waals surface area contributed by atoms with E-state index in [1.54, 1.807) is 6.92 Å². The average molecular weight is 434 g/mol. The highest BCUT2D eigenvalue weighted by Gasteiger charge is 2.49. The van der Waals surface area contributed by atoms with Gasteiger partial charge in [0.05, 0.1) is 0 Å². The Morgan fingerprint density at radius 1 is 1.30 bits per heavy atom. The topological polar surface area (TPSA) is 67.9 Å². The molecule has 3 rings (SSSR count). The zero-order valence-electron chi connectivity index (χ0n) is 17.2. The fraction of sp³-hybridized carbons (Fsp3) is 0.364. The van der Waals surface area contributed by atoms with E-state index in [0.29, 0.717) is 19.4 Å². The number of rotatable bonds is 7. The largest absolute Gasteiger partial charge is 0.372 e. The summed E-state index contributed by atoms with van der Waals surface area (Å²) in [5.74, 6) is -1.54. The second-order valence-electron chi connectivity index (χ2n) is 7.21. The van der Waals surface area contributed by atoms with Crippen LogP contribution in [0.4, 0.5) is 8.78 Å². The first-order valence-corrected chi connectivity index (χ1v) is 10.5. The highest BCUT2D eigenvalue weighted by molar-refractivity contribution is 8.15. The van der Waals surface area contributed by atoms with E-state index in [4.69, 9.17) is 10.5 Å². The molecular formula is C22H25F2N3O2S. The lowest BCUT2D eigenvalue weighted by Gasteiger charge is -2.37. The third-order valence-electron chi connectivity index (χ3n) is 5.06. The highest BCUT2D eigenvalue weighted by atomic mass is 32.2. The number of thioether (sulfide) groups is 1. The Bertz CT molecular complexity index is 969. The Labute approximate surface area is 179 Å². The van der Waals surface area contributed by atoms with Crippen molar-refractivity contribution in [3.63, 3.8) is 0 Å². The van der Waals surface area contributed by atoms with Gasteiger partial charge in [-0.25, -0.2) is 13.8 Å². The van der Waals surface area contributed by atoms with Crippen LogP contribution in [0.3, 0.4) is 0 Å². The van der Waals surface area contributed by atoms with Crippen LogP contribution in [0.5, 0.6) is 0 Å². The van der Waals surface area contributed by atoms with Gasteiger partial charge >= 0.3 is 0 Å². The standard InChI is InChI=1S/C22H25F2N3O2S/c1-14-6-4-7-16(12-14)22(10-5-11-25)27(21(28)15(2)29-3)26-20(30-22)18-13-17(23)8-9-19(18)24/h4,6-9,12-13,15H,5,10-11,25H2,1-3H3/t15-,22?/m0/s1. The summed E-state index contributed by atoms with van der Waals surface area (Å²) in [6, 6.07) is 11.0. The molecule has 5 nitrogen and oxygen atoms in total. The van der Waals surface area contributed by atoms with Gasteiger partial charge < -0.3 is 10.5 Å². The van der Waals surface area contributed by atoms with Gasteiger partial charge in [0.15, 0.2) is 0 Å². The molecule has 0 spiro atoms. The number of ether oxygens (including phenoxy) is 1. The van der Waals surface area contributed by atoms with E-state index in [2.05, 4.69) is 5.10 Å². The van der Waals surface area contributed by atoms with E-state index in [1.807, 2.05) is 31.2 Å². The van der Waals surface area contributed by atoms with Crippen molar-refractivity contribution in [2.75, 3.05) is 13.7 Å². The number of hydrogen-bond acceptors (Lipinski definition) is 5. The highest BCUT2D eigenvalue weighted by Crippen LogP contribution is 2.51. The summed E-state index contributed by atoms with van der Waals surface area (Å²) in [6.45, 7) is 4.00. The third-order valence-corrected chi connectivity index (χ3v) is 6.50. The molecule has 2 aromatic rings. The molecule has 8 heteroatoms. The first-order chi connectivity index (χ1) is 14.3. The van der Waals surface area contributed by atoms with Gasteiger partial charge in [-0.15, -0.1) is 0 Å². The molecule has 0 aliphatic carbocycles. The number of hydrazone groups is 1. The maximum Gasteiger partial charge on any atom is 0.273 e. The molecule has 1 aliphatic heterocycles. The summed E-state index contributed by atoms with van der Waals surface area (Å²) in [5, 5.41) is 6.07. The van der Waals surface area contributed by atoms with Crippen molar-refractivity contribution in [3.05, 3.63) is 70.8 Å². The van der Waals surface area contributed by atoms with Crippen molar-refractivity contribution in [1.82, 2.24) is 5.01 Å². The van der Waals surface area contributed by atoms with Crippen LogP contribution in [0.1, 0.15) is 36.5 Å². The number of amides is 1. The summed E-state index contributed by atoms with van der Waals surface area (Å²) < 4.78 is 33.6. The fourth-order valence-electron chi connectivity index (χ4n) is 3.38. The molecule has 0 radical (unpaired) electrons. The maximum absolute atomic E-state index is 14.5. The smallest absolute Gasteiger partial charge is 0.273 e. The molecule has 2 atom stereocenters. The first-order valence-electron chi connectivity index (χ1n) is 9.69. The van der Waals surface area contributed by atoms with Crippen molar-refractivity contribution >= 4 is 22.7 Å². The molecule has 1 aliphatic rings. The second-order valence-corrected chi connectivity index (χ2v) is 8.47. The monoisotopic (exact) mass is 433 g/mol. The molecule has 2 aromatic carbocycles. The summed E-state index contributed by atoms with van der Waals surface area (Å²) in [5.41, 5.74) is 7.66. The Morgan fingerprint density at radius 3 is 2.73 bits per heavy atom. The van der Waals surface area contributed by atoms with Gasteiger partial charge in [0.2, 0.25) is 0 Å². The van der Waals surface area contributed by atoms with Crippen LogP contribution in [0.15, 0.2) is 47.6 Å². The Hall–Kier alpha value is -2.29. The van der Waals surface area contributed by atoms with Gasteiger partial charge in [0, 0.05) is 12.7 Å². The molecule has 160 valence electrons.